The van der Waals surface area contributed by atoms with E-state index < -0.39 is 21.1 Å². The van der Waals surface area contributed by atoms with Gasteiger partial charge in [0.25, 0.3) is 0 Å². The van der Waals surface area contributed by atoms with Crippen molar-refractivity contribution in [2.75, 3.05) is 26.0 Å². The summed E-state index contributed by atoms with van der Waals surface area (Å²) in [7, 11) is -1.61. The third-order valence-corrected chi connectivity index (χ3v) is 5.58. The predicted octanol–water partition coefficient (Wildman–Crippen LogP) is -1.01. The molecule has 1 aliphatic heterocycles. The van der Waals surface area contributed by atoms with Crippen molar-refractivity contribution in [3.05, 3.63) is 0 Å². The molecule has 17 heavy (non-hydrogen) atoms. The first-order valence-electron chi connectivity index (χ1n) is 5.58. The van der Waals surface area contributed by atoms with Gasteiger partial charge in [-0.15, -0.1) is 0 Å². The Morgan fingerprint density at radius 3 is 2.65 bits per heavy atom. The van der Waals surface area contributed by atoms with Crippen LogP contribution in [0, 0.1) is 0 Å². The second-order valence-corrected chi connectivity index (χ2v) is 6.88. The van der Waals surface area contributed by atoms with Gasteiger partial charge in [-0.3, -0.25) is 4.79 Å². The third-order valence-electron chi connectivity index (χ3n) is 3.30. The number of amides is 1. The Labute approximate surface area is 102 Å². The summed E-state index contributed by atoms with van der Waals surface area (Å²) < 4.78 is 28.2. The average Bonchev–Trinajstić information content (AvgIpc) is 2.26. The van der Waals surface area contributed by atoms with Gasteiger partial charge in [0.1, 0.15) is 6.04 Å². The van der Waals surface area contributed by atoms with Gasteiger partial charge in [-0.05, 0) is 13.8 Å². The van der Waals surface area contributed by atoms with Gasteiger partial charge in [-0.1, -0.05) is 0 Å². The number of nitrogens with two attached hydrogens (primary N) is 1. The summed E-state index contributed by atoms with van der Waals surface area (Å²) >= 11 is 0. The molecule has 0 radical (unpaired) electrons. The minimum Gasteiger partial charge on any atom is -0.383 e. The number of ether oxygens (including phenoxy) is 1. The molecule has 1 amide bonds. The summed E-state index contributed by atoms with van der Waals surface area (Å²) in [5.74, 6) is -0.245. The number of carbonyl (C=O) groups is 1. The molecule has 1 heterocycles. The molecule has 0 aromatic rings. The average molecular weight is 264 g/mol. The summed E-state index contributed by atoms with van der Waals surface area (Å²) in [5.41, 5.74) is 5.67. The first kappa shape index (κ1) is 14.4. The Morgan fingerprint density at radius 1 is 1.53 bits per heavy atom. The van der Waals surface area contributed by atoms with Crippen LogP contribution < -0.4 is 5.73 Å². The lowest BCUT2D eigenvalue weighted by Gasteiger charge is -2.38. The van der Waals surface area contributed by atoms with Crippen molar-refractivity contribution in [3.8, 4) is 0 Å². The van der Waals surface area contributed by atoms with Crippen LogP contribution in [0.2, 0.25) is 0 Å². The van der Waals surface area contributed by atoms with Crippen LogP contribution >= 0.6 is 0 Å². The molecule has 7 heteroatoms. The van der Waals surface area contributed by atoms with Gasteiger partial charge in [0.05, 0.1) is 17.6 Å². The Balaban J connectivity index is 2.78. The predicted molar refractivity (Wildman–Crippen MR) is 64.3 cm³/mol. The van der Waals surface area contributed by atoms with Crippen molar-refractivity contribution in [3.63, 3.8) is 0 Å². The Hall–Kier alpha value is -0.660. The van der Waals surface area contributed by atoms with Gasteiger partial charge in [0.15, 0.2) is 9.84 Å². The normalized spacial score (nSPS) is 30.0. The number of nitrogens with zero attached hydrogens (tertiary/aromatic N) is 1. The van der Waals surface area contributed by atoms with Gasteiger partial charge in [0, 0.05) is 19.7 Å². The zero-order chi connectivity index (χ0) is 13.2. The van der Waals surface area contributed by atoms with Crippen molar-refractivity contribution >= 4 is 15.7 Å². The van der Waals surface area contributed by atoms with Crippen molar-refractivity contribution in [1.82, 2.24) is 4.90 Å². The minimum absolute atomic E-state index is 0.00392. The van der Waals surface area contributed by atoms with Gasteiger partial charge in [0.2, 0.25) is 5.91 Å². The molecule has 1 rings (SSSR count). The SMILES string of the molecule is COCC(N)C(=O)N1CCS(=O)(=O)C(C)C1C. The highest BCUT2D eigenvalue weighted by molar-refractivity contribution is 7.92. The van der Waals surface area contributed by atoms with Gasteiger partial charge in [-0.25, -0.2) is 8.42 Å². The number of rotatable bonds is 3. The van der Waals surface area contributed by atoms with Crippen molar-refractivity contribution in [2.24, 2.45) is 5.73 Å². The van der Waals surface area contributed by atoms with E-state index >= 15 is 0 Å². The van der Waals surface area contributed by atoms with Crippen LogP contribution in [0.25, 0.3) is 0 Å². The van der Waals surface area contributed by atoms with Gasteiger partial charge < -0.3 is 15.4 Å². The smallest absolute Gasteiger partial charge is 0.242 e. The lowest BCUT2D eigenvalue weighted by molar-refractivity contribution is -0.135. The van der Waals surface area contributed by atoms with Crippen molar-refractivity contribution < 1.29 is 17.9 Å². The van der Waals surface area contributed by atoms with E-state index in [1.54, 1.807) is 13.8 Å². The second kappa shape index (κ2) is 5.32. The van der Waals surface area contributed by atoms with E-state index in [1.165, 1.54) is 12.0 Å². The molecule has 0 aromatic carbocycles. The molecule has 1 fully saturated rings. The molecule has 3 unspecified atom stereocenters. The van der Waals surface area contributed by atoms with Crippen LogP contribution in [-0.2, 0) is 19.4 Å². The van der Waals surface area contributed by atoms with Crippen LogP contribution in [0.15, 0.2) is 0 Å². The van der Waals surface area contributed by atoms with Crippen LogP contribution in [0.5, 0.6) is 0 Å². The Bertz CT molecular complexity index is 382. The molecule has 100 valence electrons. The van der Waals surface area contributed by atoms with Crippen LogP contribution in [0.4, 0.5) is 0 Å². The number of methoxy groups -OCH3 is 1. The second-order valence-electron chi connectivity index (χ2n) is 4.41. The first-order chi connectivity index (χ1) is 7.81. The highest BCUT2D eigenvalue weighted by atomic mass is 32.2. The number of hydrogen-bond acceptors (Lipinski definition) is 5. The molecule has 0 aliphatic carbocycles. The molecule has 1 saturated heterocycles. The maximum Gasteiger partial charge on any atom is 0.242 e. The van der Waals surface area contributed by atoms with Crippen LogP contribution in [-0.4, -0.2) is 62.6 Å². The molecule has 6 nitrogen and oxygen atoms in total. The van der Waals surface area contributed by atoms with E-state index in [4.69, 9.17) is 10.5 Å². The van der Waals surface area contributed by atoms with E-state index in [2.05, 4.69) is 0 Å². The number of hydrogen-bond donors (Lipinski definition) is 1. The summed E-state index contributed by atoms with van der Waals surface area (Å²) in [6, 6.07) is -1.07. The van der Waals surface area contributed by atoms with Crippen LogP contribution in [0.1, 0.15) is 13.8 Å². The summed E-state index contributed by atoms with van der Waals surface area (Å²) in [5, 5.41) is -0.546. The topological polar surface area (TPSA) is 89.7 Å². The highest BCUT2D eigenvalue weighted by Crippen LogP contribution is 2.19. The van der Waals surface area contributed by atoms with E-state index in [0.29, 0.717) is 0 Å². The Morgan fingerprint density at radius 2 is 2.12 bits per heavy atom. The molecule has 0 aromatic heterocycles. The first-order valence-corrected chi connectivity index (χ1v) is 7.29. The monoisotopic (exact) mass is 264 g/mol. The molecule has 1 aliphatic rings. The molecule has 0 bridgehead atoms. The van der Waals surface area contributed by atoms with E-state index in [0.717, 1.165) is 0 Å². The fourth-order valence-electron chi connectivity index (χ4n) is 1.94. The molecule has 0 saturated carbocycles. The Kier molecular flexibility index (Phi) is 4.51. The quantitative estimate of drug-likeness (QED) is 0.706. The molecule has 3 atom stereocenters. The largest absolute Gasteiger partial charge is 0.383 e. The number of sulfone groups is 1. The maximum atomic E-state index is 12.0. The summed E-state index contributed by atoms with van der Waals surface area (Å²) in [6.07, 6.45) is 0. The lowest BCUT2D eigenvalue weighted by atomic mass is 10.1. The summed E-state index contributed by atoms with van der Waals surface area (Å²) in [6.45, 7) is 3.72. The number of carbonyl (C=O) groups excluding carboxylic acids is 1. The highest BCUT2D eigenvalue weighted by Gasteiger charge is 2.39. The molecular weight excluding hydrogens is 244 g/mol. The summed E-state index contributed by atoms with van der Waals surface area (Å²) in [4.78, 5) is 13.5. The minimum atomic E-state index is -3.08. The van der Waals surface area contributed by atoms with E-state index in [-0.39, 0.29) is 30.9 Å². The molecular formula is C10H20N2O4S. The fourth-order valence-corrected chi connectivity index (χ4v) is 3.51. The molecule has 0 spiro atoms. The van der Waals surface area contributed by atoms with E-state index in [1.807, 2.05) is 0 Å². The fraction of sp³-hybridized carbons (Fsp3) is 0.900. The van der Waals surface area contributed by atoms with Crippen LogP contribution in [0.3, 0.4) is 0 Å². The lowest BCUT2D eigenvalue weighted by Crippen LogP contribution is -2.58. The molecule has 2 N–H and O–H groups in total. The zero-order valence-electron chi connectivity index (χ0n) is 10.4. The van der Waals surface area contributed by atoms with Gasteiger partial charge >= 0.3 is 0 Å². The van der Waals surface area contributed by atoms with Crippen molar-refractivity contribution in [1.29, 1.82) is 0 Å². The standard InChI is InChI=1S/C10H20N2O4S/c1-7-8(2)17(14,15)5-4-12(7)10(13)9(11)6-16-3/h7-9H,4-6,11H2,1-3H3. The van der Waals surface area contributed by atoms with E-state index in [9.17, 15) is 13.2 Å². The maximum absolute atomic E-state index is 12.0. The third kappa shape index (κ3) is 2.97. The van der Waals surface area contributed by atoms with Gasteiger partial charge in [-0.2, -0.15) is 0 Å². The van der Waals surface area contributed by atoms with Crippen molar-refractivity contribution in [2.45, 2.75) is 31.2 Å². The zero-order valence-corrected chi connectivity index (χ0v) is 11.2.